The van der Waals surface area contributed by atoms with Crippen molar-refractivity contribution >= 4 is 17.5 Å². The zero-order valence-corrected chi connectivity index (χ0v) is 7.66. The number of hydrogen-bond donors (Lipinski definition) is 3. The molecule has 14 heavy (non-hydrogen) atoms. The van der Waals surface area contributed by atoms with Gasteiger partial charge in [0.2, 0.25) is 0 Å². The van der Waals surface area contributed by atoms with Crippen molar-refractivity contribution in [2.45, 2.75) is 18.9 Å². The Hall–Kier alpha value is -1.78. The summed E-state index contributed by atoms with van der Waals surface area (Å²) in [5.74, 6) is 0.408. The standard InChI is InChI=1S/C9H12N4O/c10-7-2-1-5-11-8(7)13-9(14)12-6-3-4-6/h1-2,5-6H,3-4,10H2,(H2,11,12,13,14). The first-order chi connectivity index (χ1) is 6.75. The summed E-state index contributed by atoms with van der Waals surface area (Å²) in [4.78, 5) is 15.2. The normalized spacial score (nSPS) is 14.9. The van der Waals surface area contributed by atoms with Crippen LogP contribution in [0, 0.1) is 0 Å². The van der Waals surface area contributed by atoms with Gasteiger partial charge in [-0.1, -0.05) is 0 Å². The average molecular weight is 192 g/mol. The molecule has 2 rings (SSSR count). The lowest BCUT2D eigenvalue weighted by Gasteiger charge is -2.07. The van der Waals surface area contributed by atoms with Gasteiger partial charge in [-0.25, -0.2) is 9.78 Å². The van der Waals surface area contributed by atoms with E-state index in [0.29, 0.717) is 17.5 Å². The van der Waals surface area contributed by atoms with Crippen LogP contribution in [0.5, 0.6) is 0 Å². The van der Waals surface area contributed by atoms with Crippen LogP contribution in [-0.4, -0.2) is 17.1 Å². The molecule has 1 aliphatic rings. The quantitative estimate of drug-likeness (QED) is 0.652. The predicted molar refractivity (Wildman–Crippen MR) is 53.8 cm³/mol. The molecule has 0 bridgehead atoms. The van der Waals surface area contributed by atoms with E-state index in [2.05, 4.69) is 15.6 Å². The molecular formula is C9H12N4O. The number of anilines is 2. The first kappa shape index (κ1) is 8.80. The Labute approximate surface area is 81.7 Å². The molecule has 1 fully saturated rings. The Morgan fingerprint density at radius 3 is 3.00 bits per heavy atom. The maximum absolute atomic E-state index is 11.3. The van der Waals surface area contributed by atoms with Gasteiger partial charge in [0.1, 0.15) is 0 Å². The Bertz CT molecular complexity index is 348. The lowest BCUT2D eigenvalue weighted by Crippen LogP contribution is -2.31. The summed E-state index contributed by atoms with van der Waals surface area (Å²) in [5, 5.41) is 5.38. The molecule has 4 N–H and O–H groups in total. The summed E-state index contributed by atoms with van der Waals surface area (Å²) in [6.45, 7) is 0. The second kappa shape index (κ2) is 3.53. The summed E-state index contributed by atoms with van der Waals surface area (Å²) < 4.78 is 0. The number of pyridine rings is 1. The van der Waals surface area contributed by atoms with Crippen molar-refractivity contribution in [3.63, 3.8) is 0 Å². The maximum atomic E-state index is 11.3. The molecule has 74 valence electrons. The molecular weight excluding hydrogens is 180 g/mol. The van der Waals surface area contributed by atoms with Crippen LogP contribution < -0.4 is 16.4 Å². The molecule has 1 aromatic rings. The van der Waals surface area contributed by atoms with E-state index in [4.69, 9.17) is 5.73 Å². The molecule has 0 unspecified atom stereocenters. The van der Waals surface area contributed by atoms with Gasteiger partial charge in [-0.3, -0.25) is 5.32 Å². The minimum Gasteiger partial charge on any atom is -0.396 e. The summed E-state index contributed by atoms with van der Waals surface area (Å²) in [5.41, 5.74) is 6.08. The van der Waals surface area contributed by atoms with Gasteiger partial charge in [0.15, 0.2) is 5.82 Å². The zero-order chi connectivity index (χ0) is 9.97. The summed E-state index contributed by atoms with van der Waals surface area (Å²) >= 11 is 0. The molecule has 1 saturated carbocycles. The number of carbonyl (C=O) groups excluding carboxylic acids is 1. The fourth-order valence-electron chi connectivity index (χ4n) is 1.08. The first-order valence-electron chi connectivity index (χ1n) is 4.54. The molecule has 1 aromatic heterocycles. The predicted octanol–water partition coefficient (Wildman–Crippen LogP) is 0.948. The smallest absolute Gasteiger partial charge is 0.320 e. The van der Waals surface area contributed by atoms with Gasteiger partial charge in [-0.05, 0) is 25.0 Å². The fraction of sp³-hybridized carbons (Fsp3) is 0.333. The topological polar surface area (TPSA) is 80.0 Å². The minimum atomic E-state index is -0.238. The lowest BCUT2D eigenvalue weighted by molar-refractivity contribution is 0.251. The lowest BCUT2D eigenvalue weighted by atomic mass is 10.4. The van der Waals surface area contributed by atoms with E-state index >= 15 is 0 Å². The summed E-state index contributed by atoms with van der Waals surface area (Å²) in [6, 6.07) is 3.51. The van der Waals surface area contributed by atoms with E-state index in [1.165, 1.54) is 0 Å². The van der Waals surface area contributed by atoms with E-state index < -0.39 is 0 Å². The van der Waals surface area contributed by atoms with Crippen LogP contribution in [0.15, 0.2) is 18.3 Å². The molecule has 0 radical (unpaired) electrons. The van der Waals surface area contributed by atoms with Crippen LogP contribution in [0.3, 0.4) is 0 Å². The van der Waals surface area contributed by atoms with Crippen LogP contribution in [0.25, 0.3) is 0 Å². The summed E-state index contributed by atoms with van der Waals surface area (Å²) in [6.07, 6.45) is 3.71. The molecule has 5 heteroatoms. The van der Waals surface area contributed by atoms with Crippen LogP contribution in [0.2, 0.25) is 0 Å². The number of carbonyl (C=O) groups is 1. The number of urea groups is 1. The molecule has 2 amide bonds. The van der Waals surface area contributed by atoms with Crippen molar-refractivity contribution in [3.8, 4) is 0 Å². The highest BCUT2D eigenvalue weighted by atomic mass is 16.2. The van der Waals surface area contributed by atoms with Gasteiger partial charge < -0.3 is 11.1 Å². The second-order valence-electron chi connectivity index (χ2n) is 3.31. The first-order valence-corrected chi connectivity index (χ1v) is 4.54. The molecule has 5 nitrogen and oxygen atoms in total. The highest BCUT2D eigenvalue weighted by Crippen LogP contribution is 2.19. The summed E-state index contributed by atoms with van der Waals surface area (Å²) in [7, 11) is 0. The Morgan fingerprint density at radius 1 is 1.57 bits per heavy atom. The van der Waals surface area contributed by atoms with Gasteiger partial charge in [0, 0.05) is 12.2 Å². The zero-order valence-electron chi connectivity index (χ0n) is 7.66. The van der Waals surface area contributed by atoms with Gasteiger partial charge in [0.25, 0.3) is 0 Å². The molecule has 0 aliphatic heterocycles. The van der Waals surface area contributed by atoms with Crippen molar-refractivity contribution in [2.24, 2.45) is 0 Å². The van der Waals surface area contributed by atoms with E-state index in [0.717, 1.165) is 12.8 Å². The Morgan fingerprint density at radius 2 is 2.36 bits per heavy atom. The minimum absolute atomic E-state index is 0.238. The van der Waals surface area contributed by atoms with Crippen LogP contribution in [0.4, 0.5) is 16.3 Å². The van der Waals surface area contributed by atoms with Gasteiger partial charge in [-0.15, -0.1) is 0 Å². The number of aromatic nitrogens is 1. The monoisotopic (exact) mass is 192 g/mol. The number of nitrogens with one attached hydrogen (secondary N) is 2. The van der Waals surface area contributed by atoms with Crippen LogP contribution in [-0.2, 0) is 0 Å². The Kier molecular flexibility index (Phi) is 2.22. The third-order valence-corrected chi connectivity index (χ3v) is 1.98. The van der Waals surface area contributed by atoms with E-state index in [-0.39, 0.29) is 6.03 Å². The SMILES string of the molecule is Nc1cccnc1NC(=O)NC1CC1. The van der Waals surface area contributed by atoms with Crippen molar-refractivity contribution in [1.82, 2.24) is 10.3 Å². The highest BCUT2D eigenvalue weighted by molar-refractivity contribution is 5.91. The Balaban J connectivity index is 1.95. The van der Waals surface area contributed by atoms with Gasteiger partial charge >= 0.3 is 6.03 Å². The van der Waals surface area contributed by atoms with Gasteiger partial charge in [0.05, 0.1) is 5.69 Å². The third-order valence-electron chi connectivity index (χ3n) is 1.98. The second-order valence-corrected chi connectivity index (χ2v) is 3.31. The number of hydrogen-bond acceptors (Lipinski definition) is 3. The van der Waals surface area contributed by atoms with Crippen LogP contribution >= 0.6 is 0 Å². The number of nitrogen functional groups attached to an aromatic ring is 1. The number of amides is 2. The van der Waals surface area contributed by atoms with Gasteiger partial charge in [-0.2, -0.15) is 0 Å². The van der Waals surface area contributed by atoms with Crippen molar-refractivity contribution in [3.05, 3.63) is 18.3 Å². The van der Waals surface area contributed by atoms with Crippen molar-refractivity contribution in [2.75, 3.05) is 11.1 Å². The highest BCUT2D eigenvalue weighted by Gasteiger charge is 2.23. The molecule has 1 heterocycles. The maximum Gasteiger partial charge on any atom is 0.320 e. The van der Waals surface area contributed by atoms with E-state index in [1.807, 2.05) is 0 Å². The van der Waals surface area contributed by atoms with E-state index in [9.17, 15) is 4.79 Å². The van der Waals surface area contributed by atoms with Crippen LogP contribution in [0.1, 0.15) is 12.8 Å². The average Bonchev–Trinajstić information content (AvgIpc) is 2.93. The molecule has 0 atom stereocenters. The number of nitrogens with two attached hydrogens (primary N) is 1. The number of nitrogens with zero attached hydrogens (tertiary/aromatic N) is 1. The van der Waals surface area contributed by atoms with E-state index in [1.54, 1.807) is 18.3 Å². The molecule has 0 saturated heterocycles. The third kappa shape index (κ3) is 2.12. The largest absolute Gasteiger partial charge is 0.396 e. The fourth-order valence-corrected chi connectivity index (χ4v) is 1.08. The molecule has 0 aromatic carbocycles. The molecule has 0 spiro atoms. The van der Waals surface area contributed by atoms with Crippen molar-refractivity contribution < 1.29 is 4.79 Å². The molecule has 1 aliphatic carbocycles. The van der Waals surface area contributed by atoms with Crippen molar-refractivity contribution in [1.29, 1.82) is 0 Å². The number of rotatable bonds is 2.